The van der Waals surface area contributed by atoms with Crippen LogP contribution in [0.4, 0.5) is 4.39 Å². The summed E-state index contributed by atoms with van der Waals surface area (Å²) in [5, 5.41) is 12.7. The molecule has 1 saturated carbocycles. The highest BCUT2D eigenvalue weighted by atomic mass is 32.2. The number of rotatable bonds is 3. The molecule has 1 aliphatic carbocycles. The van der Waals surface area contributed by atoms with Gasteiger partial charge in [0.05, 0.1) is 6.04 Å². The van der Waals surface area contributed by atoms with E-state index < -0.39 is 5.95 Å². The van der Waals surface area contributed by atoms with Crippen LogP contribution in [0.25, 0.3) is 0 Å². The molecule has 0 unspecified atom stereocenters. The Bertz CT molecular complexity index is 510. The van der Waals surface area contributed by atoms with Gasteiger partial charge in [0.15, 0.2) is 0 Å². The topological polar surface area (TPSA) is 56.5 Å². The Labute approximate surface area is 95.1 Å². The van der Waals surface area contributed by atoms with Gasteiger partial charge in [-0.1, -0.05) is 6.07 Å². The van der Waals surface area contributed by atoms with Crippen molar-refractivity contribution in [3.63, 3.8) is 0 Å². The Hall–Kier alpha value is -1.50. The first-order valence-electron chi connectivity index (χ1n) is 4.91. The zero-order valence-corrected chi connectivity index (χ0v) is 9.06. The lowest BCUT2D eigenvalue weighted by Gasteiger charge is -2.00. The number of hydrogen-bond donors (Lipinski definition) is 0. The quantitative estimate of drug-likeness (QED) is 0.760. The third-order valence-corrected chi connectivity index (χ3v) is 3.13. The Morgan fingerprint density at radius 1 is 1.38 bits per heavy atom. The van der Waals surface area contributed by atoms with E-state index >= 15 is 0 Å². The first-order valence-corrected chi connectivity index (χ1v) is 5.73. The lowest BCUT2D eigenvalue weighted by Crippen LogP contribution is -1.98. The average Bonchev–Trinajstić information content (AvgIpc) is 3.00. The summed E-state index contributed by atoms with van der Waals surface area (Å²) in [6, 6.07) is 5.08. The SMILES string of the molecule is Fc1cccc(Sc2nnnn2C2CC2)n1. The van der Waals surface area contributed by atoms with Crippen LogP contribution in [0.2, 0.25) is 0 Å². The summed E-state index contributed by atoms with van der Waals surface area (Å²) in [5.41, 5.74) is 0. The van der Waals surface area contributed by atoms with Gasteiger partial charge in [0.25, 0.3) is 0 Å². The number of pyridine rings is 1. The Kier molecular flexibility index (Phi) is 2.32. The fourth-order valence-electron chi connectivity index (χ4n) is 1.34. The molecule has 0 N–H and O–H groups in total. The molecule has 2 aromatic rings. The van der Waals surface area contributed by atoms with Crippen molar-refractivity contribution in [1.29, 1.82) is 0 Å². The molecular formula is C9H8FN5S. The molecule has 7 heteroatoms. The smallest absolute Gasteiger partial charge is 0.215 e. The molecule has 0 atom stereocenters. The minimum absolute atomic E-state index is 0.408. The maximum Gasteiger partial charge on any atom is 0.215 e. The average molecular weight is 237 g/mol. The molecule has 82 valence electrons. The van der Waals surface area contributed by atoms with Gasteiger partial charge in [0.1, 0.15) is 5.03 Å². The third-order valence-electron chi connectivity index (χ3n) is 2.24. The van der Waals surface area contributed by atoms with Gasteiger partial charge in [-0.05, 0) is 47.2 Å². The van der Waals surface area contributed by atoms with E-state index in [-0.39, 0.29) is 0 Å². The lowest BCUT2D eigenvalue weighted by atomic mass is 10.5. The summed E-state index contributed by atoms with van der Waals surface area (Å²) in [5.74, 6) is -0.490. The van der Waals surface area contributed by atoms with E-state index in [9.17, 15) is 4.39 Å². The monoisotopic (exact) mass is 237 g/mol. The predicted octanol–water partition coefficient (Wildman–Crippen LogP) is 1.69. The molecule has 5 nitrogen and oxygen atoms in total. The van der Waals surface area contributed by atoms with Gasteiger partial charge in [-0.2, -0.15) is 4.39 Å². The summed E-state index contributed by atoms with van der Waals surface area (Å²) in [6.45, 7) is 0. The maximum atomic E-state index is 12.9. The van der Waals surface area contributed by atoms with Crippen molar-refractivity contribution in [2.75, 3.05) is 0 Å². The molecule has 2 aromatic heterocycles. The highest BCUT2D eigenvalue weighted by Crippen LogP contribution is 2.37. The van der Waals surface area contributed by atoms with Crippen molar-refractivity contribution in [3.05, 3.63) is 24.1 Å². The minimum atomic E-state index is -0.490. The second-order valence-electron chi connectivity index (χ2n) is 3.54. The Morgan fingerprint density at radius 2 is 2.25 bits per heavy atom. The van der Waals surface area contributed by atoms with Gasteiger partial charge in [-0.25, -0.2) is 9.67 Å². The lowest BCUT2D eigenvalue weighted by molar-refractivity contribution is 0.562. The zero-order valence-electron chi connectivity index (χ0n) is 8.25. The fourth-order valence-corrected chi connectivity index (χ4v) is 2.16. The van der Waals surface area contributed by atoms with Gasteiger partial charge in [-0.3, -0.25) is 0 Å². The van der Waals surface area contributed by atoms with Gasteiger partial charge in [-0.15, -0.1) is 5.10 Å². The second-order valence-corrected chi connectivity index (χ2v) is 4.53. The first-order chi connectivity index (χ1) is 7.83. The molecule has 0 saturated heterocycles. The van der Waals surface area contributed by atoms with E-state index in [2.05, 4.69) is 20.5 Å². The highest BCUT2D eigenvalue weighted by molar-refractivity contribution is 7.99. The molecule has 0 bridgehead atoms. The van der Waals surface area contributed by atoms with Crippen molar-refractivity contribution in [3.8, 4) is 0 Å². The molecule has 0 aromatic carbocycles. The van der Waals surface area contributed by atoms with Crippen LogP contribution in [0.15, 0.2) is 28.4 Å². The van der Waals surface area contributed by atoms with E-state index in [0.29, 0.717) is 16.2 Å². The predicted molar refractivity (Wildman–Crippen MR) is 54.4 cm³/mol. The summed E-state index contributed by atoms with van der Waals surface area (Å²) in [6.07, 6.45) is 2.21. The van der Waals surface area contributed by atoms with Crippen molar-refractivity contribution in [1.82, 2.24) is 25.2 Å². The summed E-state index contributed by atoms with van der Waals surface area (Å²) >= 11 is 1.28. The van der Waals surface area contributed by atoms with Crippen molar-refractivity contribution < 1.29 is 4.39 Å². The standard InChI is InChI=1S/C9H8FN5S/c10-7-2-1-3-8(11-7)16-9-12-13-14-15(9)6-4-5-6/h1-3,6H,4-5H2. The molecule has 16 heavy (non-hydrogen) atoms. The molecule has 2 heterocycles. The number of halogens is 1. The van der Waals surface area contributed by atoms with Crippen LogP contribution in [-0.2, 0) is 0 Å². The van der Waals surface area contributed by atoms with E-state index in [0.717, 1.165) is 12.8 Å². The normalized spacial score (nSPS) is 15.3. The van der Waals surface area contributed by atoms with Crippen LogP contribution in [0.1, 0.15) is 18.9 Å². The van der Waals surface area contributed by atoms with Crippen LogP contribution in [0, 0.1) is 5.95 Å². The molecule has 1 fully saturated rings. The van der Waals surface area contributed by atoms with Crippen molar-refractivity contribution >= 4 is 11.8 Å². The number of aromatic nitrogens is 5. The van der Waals surface area contributed by atoms with E-state index in [1.165, 1.54) is 17.8 Å². The molecule has 3 rings (SSSR count). The van der Waals surface area contributed by atoms with E-state index in [1.54, 1.807) is 16.8 Å². The highest BCUT2D eigenvalue weighted by Gasteiger charge is 2.28. The molecule has 0 spiro atoms. The maximum absolute atomic E-state index is 12.9. The summed E-state index contributed by atoms with van der Waals surface area (Å²) in [4.78, 5) is 3.76. The first kappa shape index (κ1) is 9.71. The van der Waals surface area contributed by atoms with Gasteiger partial charge in [0, 0.05) is 0 Å². The molecular weight excluding hydrogens is 229 g/mol. The summed E-state index contributed by atoms with van der Waals surface area (Å²) in [7, 11) is 0. The van der Waals surface area contributed by atoms with Crippen LogP contribution in [0.5, 0.6) is 0 Å². The molecule has 0 aliphatic heterocycles. The Balaban J connectivity index is 1.85. The van der Waals surface area contributed by atoms with Crippen LogP contribution in [-0.4, -0.2) is 25.2 Å². The molecule has 0 radical (unpaired) electrons. The fraction of sp³-hybridized carbons (Fsp3) is 0.333. The van der Waals surface area contributed by atoms with Crippen LogP contribution in [0.3, 0.4) is 0 Å². The van der Waals surface area contributed by atoms with Crippen molar-refractivity contribution in [2.45, 2.75) is 29.1 Å². The van der Waals surface area contributed by atoms with Gasteiger partial charge in [0.2, 0.25) is 11.1 Å². The van der Waals surface area contributed by atoms with Crippen LogP contribution >= 0.6 is 11.8 Å². The number of nitrogens with zero attached hydrogens (tertiary/aromatic N) is 5. The van der Waals surface area contributed by atoms with Crippen LogP contribution < -0.4 is 0 Å². The van der Waals surface area contributed by atoms with Gasteiger partial charge >= 0.3 is 0 Å². The third kappa shape index (κ3) is 1.90. The molecule has 0 amide bonds. The zero-order chi connectivity index (χ0) is 11.0. The van der Waals surface area contributed by atoms with E-state index in [1.807, 2.05) is 0 Å². The van der Waals surface area contributed by atoms with E-state index in [4.69, 9.17) is 0 Å². The largest absolute Gasteiger partial charge is 0.217 e. The molecule has 1 aliphatic rings. The Morgan fingerprint density at radius 3 is 3.00 bits per heavy atom. The number of hydrogen-bond acceptors (Lipinski definition) is 5. The minimum Gasteiger partial charge on any atom is -0.217 e. The second kappa shape index (κ2) is 3.82. The van der Waals surface area contributed by atoms with Gasteiger partial charge < -0.3 is 0 Å². The van der Waals surface area contributed by atoms with Crippen molar-refractivity contribution in [2.24, 2.45) is 0 Å². The summed E-state index contributed by atoms with van der Waals surface area (Å²) < 4.78 is 14.7. The number of tetrazole rings is 1.